The molecule has 4 rings (SSSR count). The van der Waals surface area contributed by atoms with E-state index in [1.807, 2.05) is 38.1 Å². The number of pyridine rings is 1. The lowest BCUT2D eigenvalue weighted by molar-refractivity contribution is 0.298. The number of hydrogen-bond acceptors (Lipinski definition) is 4. The summed E-state index contributed by atoms with van der Waals surface area (Å²) in [6.45, 7) is 7.57. The third-order valence-electron chi connectivity index (χ3n) is 4.27. The summed E-state index contributed by atoms with van der Waals surface area (Å²) in [6, 6.07) is 15.6. The number of oxime groups is 1. The predicted octanol–water partition coefficient (Wildman–Crippen LogP) is 6.45. The highest BCUT2D eigenvalue weighted by atomic mass is 35.5. The molecule has 0 aliphatic heterocycles. The average molecular weight is 409 g/mol. The molecule has 0 amide bonds. The van der Waals surface area contributed by atoms with Crippen molar-refractivity contribution in [1.29, 1.82) is 0 Å². The van der Waals surface area contributed by atoms with Crippen LogP contribution in [0.4, 0.5) is 0 Å². The molecular weight excluding hydrogens is 392 g/mol. The van der Waals surface area contributed by atoms with Crippen molar-refractivity contribution in [3.63, 3.8) is 0 Å². The Kier molecular flexibility index (Phi) is 4.79. The van der Waals surface area contributed by atoms with E-state index in [4.69, 9.17) is 16.4 Å². The summed E-state index contributed by atoms with van der Waals surface area (Å²) < 4.78 is 1.13. The van der Waals surface area contributed by atoms with Gasteiger partial charge in [-0.25, -0.2) is 0 Å². The van der Waals surface area contributed by atoms with Crippen LogP contribution in [0.3, 0.4) is 0 Å². The van der Waals surface area contributed by atoms with Gasteiger partial charge in [0, 0.05) is 31.1 Å². The third kappa shape index (κ3) is 3.35. The van der Waals surface area contributed by atoms with Crippen LogP contribution in [-0.2, 0) is 4.84 Å². The highest BCUT2D eigenvalue weighted by Gasteiger charge is 2.20. The zero-order valence-corrected chi connectivity index (χ0v) is 16.9. The molecule has 0 saturated heterocycles. The summed E-state index contributed by atoms with van der Waals surface area (Å²) in [5.74, 6) is 0.191. The number of aromatic amines is 1. The van der Waals surface area contributed by atoms with Crippen molar-refractivity contribution in [3.05, 3.63) is 76.0 Å². The van der Waals surface area contributed by atoms with Crippen molar-refractivity contribution in [2.75, 3.05) is 0 Å². The maximum absolute atomic E-state index is 12.9. The van der Waals surface area contributed by atoms with Gasteiger partial charge in [-0.1, -0.05) is 41.5 Å². The van der Waals surface area contributed by atoms with E-state index in [2.05, 4.69) is 28.9 Å². The molecule has 0 bridgehead atoms. The van der Waals surface area contributed by atoms with E-state index in [9.17, 15) is 4.79 Å². The third-order valence-corrected chi connectivity index (χ3v) is 5.63. The molecule has 1 N–H and O–H groups in total. The number of fused-ring (bicyclic) bond motifs is 2. The van der Waals surface area contributed by atoms with Crippen LogP contribution in [0.1, 0.15) is 19.4 Å². The van der Waals surface area contributed by atoms with Crippen LogP contribution in [0.2, 0.25) is 5.02 Å². The molecule has 4 aromatic rings. The van der Waals surface area contributed by atoms with Crippen molar-refractivity contribution >= 4 is 55.4 Å². The maximum atomic E-state index is 12.9. The molecule has 4 nitrogen and oxygen atoms in total. The zero-order valence-electron chi connectivity index (χ0n) is 15.4. The van der Waals surface area contributed by atoms with E-state index in [1.165, 1.54) is 0 Å². The Morgan fingerprint density at radius 3 is 2.71 bits per heavy atom. The average Bonchev–Trinajstić information content (AvgIpc) is 3.09. The minimum atomic E-state index is -0.281. The first-order valence-corrected chi connectivity index (χ1v) is 9.85. The molecule has 0 aliphatic rings. The van der Waals surface area contributed by atoms with Gasteiger partial charge in [0.15, 0.2) is 5.76 Å². The fourth-order valence-electron chi connectivity index (χ4n) is 3.08. The summed E-state index contributed by atoms with van der Waals surface area (Å²) in [4.78, 5) is 22.2. The Balaban J connectivity index is 2.06. The van der Waals surface area contributed by atoms with Crippen molar-refractivity contribution in [1.82, 2.24) is 4.98 Å². The largest absolute Gasteiger partial charge is 0.357 e. The second-order valence-electron chi connectivity index (χ2n) is 6.60. The Morgan fingerprint density at radius 2 is 1.96 bits per heavy atom. The number of nitrogens with one attached hydrogen (secondary N) is 1. The van der Waals surface area contributed by atoms with Gasteiger partial charge in [0.1, 0.15) is 0 Å². The monoisotopic (exact) mass is 408 g/mol. The van der Waals surface area contributed by atoms with Gasteiger partial charge in [-0.2, -0.15) is 0 Å². The van der Waals surface area contributed by atoms with Gasteiger partial charge in [0.25, 0.3) is 5.56 Å². The quantitative estimate of drug-likeness (QED) is 0.240. The molecular formula is C22H17ClN2O2S. The fourth-order valence-corrected chi connectivity index (χ4v) is 4.38. The second-order valence-corrected chi connectivity index (χ2v) is 8.12. The van der Waals surface area contributed by atoms with Crippen LogP contribution in [0, 0.1) is 0 Å². The van der Waals surface area contributed by atoms with Gasteiger partial charge in [-0.3, -0.25) is 4.79 Å². The Morgan fingerprint density at radius 1 is 1.18 bits per heavy atom. The van der Waals surface area contributed by atoms with Crippen molar-refractivity contribution in [2.45, 2.75) is 13.8 Å². The molecule has 2 heterocycles. The van der Waals surface area contributed by atoms with E-state index in [1.54, 1.807) is 23.5 Å². The predicted molar refractivity (Wildman–Crippen MR) is 119 cm³/mol. The number of thiophene rings is 1. The second kappa shape index (κ2) is 7.26. The number of halogens is 1. The molecule has 0 spiro atoms. The van der Waals surface area contributed by atoms with Crippen molar-refractivity contribution in [3.8, 4) is 10.4 Å². The van der Waals surface area contributed by atoms with Crippen LogP contribution in [0.5, 0.6) is 0 Å². The molecule has 0 atom stereocenters. The molecule has 0 unspecified atom stereocenters. The Hall–Kier alpha value is -2.89. The summed E-state index contributed by atoms with van der Waals surface area (Å²) in [7, 11) is 0. The van der Waals surface area contributed by atoms with E-state index >= 15 is 0 Å². The van der Waals surface area contributed by atoms with E-state index in [0.717, 1.165) is 31.6 Å². The molecule has 140 valence electrons. The number of rotatable bonds is 4. The van der Waals surface area contributed by atoms with E-state index in [-0.39, 0.29) is 11.3 Å². The highest BCUT2D eigenvalue weighted by molar-refractivity contribution is 7.22. The molecule has 2 aromatic heterocycles. The lowest BCUT2D eigenvalue weighted by atomic mass is 10.0. The standard InChI is InChI=1S/C22H17ClN2O2S/c1-12(2)25-27-13(3)20-21(19-10-14-6-4-5-7-18(14)28-19)16-11-15(23)8-9-17(16)24-22(20)26/h4-11H,3H2,1-2H3,(H,24,26). The topological polar surface area (TPSA) is 54.4 Å². The first-order chi connectivity index (χ1) is 13.4. The van der Waals surface area contributed by atoms with Crippen LogP contribution in [-0.4, -0.2) is 10.7 Å². The summed E-state index contributed by atoms with van der Waals surface area (Å²) in [5, 5.41) is 6.48. The van der Waals surface area contributed by atoms with Crippen molar-refractivity contribution < 1.29 is 4.84 Å². The van der Waals surface area contributed by atoms with Gasteiger partial charge in [0.05, 0.1) is 11.3 Å². The van der Waals surface area contributed by atoms with E-state index in [0.29, 0.717) is 16.1 Å². The van der Waals surface area contributed by atoms with Gasteiger partial charge in [0.2, 0.25) is 0 Å². The lowest BCUT2D eigenvalue weighted by Gasteiger charge is -2.12. The van der Waals surface area contributed by atoms with Gasteiger partial charge in [-0.05, 0) is 49.6 Å². The van der Waals surface area contributed by atoms with Gasteiger partial charge >= 0.3 is 0 Å². The molecule has 0 radical (unpaired) electrons. The summed E-state index contributed by atoms with van der Waals surface area (Å²) >= 11 is 7.87. The van der Waals surface area contributed by atoms with Crippen LogP contribution in [0.15, 0.2) is 65.1 Å². The number of H-pyrrole nitrogens is 1. The summed E-state index contributed by atoms with van der Waals surface area (Å²) in [5.41, 5.74) is 2.25. The van der Waals surface area contributed by atoms with Crippen LogP contribution in [0.25, 0.3) is 37.2 Å². The molecule has 0 aliphatic carbocycles. The highest BCUT2D eigenvalue weighted by Crippen LogP contribution is 2.40. The zero-order chi connectivity index (χ0) is 19.8. The molecule has 0 fully saturated rings. The SMILES string of the molecule is C=C(ON=C(C)C)c1c(-c2cc3ccccc3s2)c2cc(Cl)ccc2[nH]c1=O. The van der Waals surface area contributed by atoms with E-state index < -0.39 is 0 Å². The minimum absolute atomic E-state index is 0.191. The molecule has 6 heteroatoms. The first kappa shape index (κ1) is 18.5. The van der Waals surface area contributed by atoms with Crippen molar-refractivity contribution in [2.24, 2.45) is 5.16 Å². The number of nitrogens with zero attached hydrogens (tertiary/aromatic N) is 1. The van der Waals surface area contributed by atoms with Gasteiger partial charge < -0.3 is 9.82 Å². The first-order valence-electron chi connectivity index (χ1n) is 8.66. The Bertz CT molecular complexity index is 1280. The Labute approximate surface area is 170 Å². The lowest BCUT2D eigenvalue weighted by Crippen LogP contribution is -2.14. The minimum Gasteiger partial charge on any atom is -0.357 e. The number of hydrogen-bond donors (Lipinski definition) is 1. The normalized spacial score (nSPS) is 11.0. The van der Waals surface area contributed by atoms with Crippen LogP contribution >= 0.6 is 22.9 Å². The molecule has 2 aromatic carbocycles. The van der Waals surface area contributed by atoms with Crippen LogP contribution < -0.4 is 5.56 Å². The number of aromatic nitrogens is 1. The smallest absolute Gasteiger partial charge is 0.260 e. The number of benzene rings is 2. The summed E-state index contributed by atoms with van der Waals surface area (Å²) in [6.07, 6.45) is 0. The fraction of sp³-hybridized carbons (Fsp3) is 0.0909. The maximum Gasteiger partial charge on any atom is 0.260 e. The molecule has 0 saturated carbocycles. The molecule has 28 heavy (non-hydrogen) atoms. The van der Waals surface area contributed by atoms with Gasteiger partial charge in [-0.15, -0.1) is 11.3 Å².